The normalized spacial score (nSPS) is 10.2. The average molecular weight is 321 g/mol. The van der Waals surface area contributed by atoms with Crippen LogP contribution in [0.5, 0.6) is 11.5 Å². The van der Waals surface area contributed by atoms with Crippen LogP contribution in [0.2, 0.25) is 0 Å². The summed E-state index contributed by atoms with van der Waals surface area (Å²) in [7, 11) is 0. The van der Waals surface area contributed by atoms with Crippen LogP contribution < -0.4 is 4.74 Å². The Morgan fingerprint density at radius 2 is 1.89 bits per heavy atom. The maximum absolute atomic E-state index is 11.5. The summed E-state index contributed by atoms with van der Waals surface area (Å²) in [5.74, 6) is 0.266. The number of hydrogen-bond acceptors (Lipinski definition) is 3. The van der Waals surface area contributed by atoms with Crippen LogP contribution in [-0.2, 0) is 6.61 Å². The molecule has 4 heteroatoms. The van der Waals surface area contributed by atoms with E-state index in [4.69, 9.17) is 4.74 Å². The van der Waals surface area contributed by atoms with Gasteiger partial charge in [0.2, 0.25) is 0 Å². The van der Waals surface area contributed by atoms with Gasteiger partial charge in [0.15, 0.2) is 17.3 Å². The van der Waals surface area contributed by atoms with Crippen LogP contribution in [0.15, 0.2) is 48.5 Å². The lowest BCUT2D eigenvalue weighted by Gasteiger charge is -2.09. The van der Waals surface area contributed by atoms with Gasteiger partial charge in [0.25, 0.3) is 0 Å². The number of carbonyl (C=O) groups is 1. The predicted molar refractivity (Wildman–Crippen MR) is 77.0 cm³/mol. The maximum Gasteiger partial charge on any atom is 0.173 e. The molecule has 0 heterocycles. The standard InChI is InChI=1S/C15H13BrO3/c16-9-14(18)12-6-7-15(13(17)8-12)19-10-11-4-2-1-3-5-11/h1-8,17H,9-10H2. The van der Waals surface area contributed by atoms with E-state index in [1.807, 2.05) is 30.3 Å². The van der Waals surface area contributed by atoms with Gasteiger partial charge in [0.1, 0.15) is 6.61 Å². The number of phenols is 1. The Balaban J connectivity index is 2.07. The molecule has 2 aromatic carbocycles. The Morgan fingerprint density at radius 1 is 1.16 bits per heavy atom. The van der Waals surface area contributed by atoms with E-state index in [-0.39, 0.29) is 16.9 Å². The zero-order valence-corrected chi connectivity index (χ0v) is 11.8. The first-order valence-corrected chi connectivity index (χ1v) is 6.92. The maximum atomic E-state index is 11.5. The molecule has 3 nitrogen and oxygen atoms in total. The van der Waals surface area contributed by atoms with Gasteiger partial charge in [-0.15, -0.1) is 0 Å². The second-order valence-corrected chi connectivity index (χ2v) is 4.57. The number of benzene rings is 2. The number of ether oxygens (including phenoxy) is 1. The summed E-state index contributed by atoms with van der Waals surface area (Å²) in [4.78, 5) is 11.5. The Morgan fingerprint density at radius 3 is 2.53 bits per heavy atom. The number of aromatic hydroxyl groups is 1. The zero-order chi connectivity index (χ0) is 13.7. The molecule has 0 aromatic heterocycles. The summed E-state index contributed by atoms with van der Waals surface area (Å²) in [6, 6.07) is 14.3. The van der Waals surface area contributed by atoms with Crippen molar-refractivity contribution in [1.29, 1.82) is 0 Å². The van der Waals surface area contributed by atoms with E-state index in [0.717, 1.165) is 5.56 Å². The molecular weight excluding hydrogens is 308 g/mol. The van der Waals surface area contributed by atoms with Crippen molar-refractivity contribution in [2.45, 2.75) is 6.61 Å². The number of rotatable bonds is 5. The second kappa shape index (κ2) is 6.38. The molecule has 0 aliphatic carbocycles. The van der Waals surface area contributed by atoms with Crippen molar-refractivity contribution in [3.05, 3.63) is 59.7 Å². The number of carbonyl (C=O) groups excluding carboxylic acids is 1. The molecule has 0 aliphatic heterocycles. The molecule has 0 saturated carbocycles. The number of hydrogen-bond donors (Lipinski definition) is 1. The Kier molecular flexibility index (Phi) is 4.58. The second-order valence-electron chi connectivity index (χ2n) is 4.01. The minimum atomic E-state index is -0.0788. The molecule has 0 aliphatic rings. The number of alkyl halides is 1. The molecule has 0 saturated heterocycles. The van der Waals surface area contributed by atoms with Gasteiger partial charge >= 0.3 is 0 Å². The lowest BCUT2D eigenvalue weighted by atomic mass is 10.1. The minimum absolute atomic E-state index is 0.0252. The average Bonchev–Trinajstić information content (AvgIpc) is 2.46. The molecule has 19 heavy (non-hydrogen) atoms. The van der Waals surface area contributed by atoms with E-state index in [9.17, 15) is 9.90 Å². The first kappa shape index (κ1) is 13.6. The van der Waals surface area contributed by atoms with Crippen molar-refractivity contribution in [2.75, 3.05) is 5.33 Å². The molecule has 0 bridgehead atoms. The predicted octanol–water partition coefficient (Wildman–Crippen LogP) is 3.55. The highest BCUT2D eigenvalue weighted by atomic mass is 79.9. The van der Waals surface area contributed by atoms with E-state index < -0.39 is 0 Å². The number of phenolic OH excluding ortho intramolecular Hbond substituents is 1. The minimum Gasteiger partial charge on any atom is -0.504 e. The van der Waals surface area contributed by atoms with Gasteiger partial charge in [-0.3, -0.25) is 4.79 Å². The molecule has 0 atom stereocenters. The van der Waals surface area contributed by atoms with Crippen LogP contribution in [0.4, 0.5) is 0 Å². The first-order valence-electron chi connectivity index (χ1n) is 5.79. The lowest BCUT2D eigenvalue weighted by Crippen LogP contribution is -2.00. The van der Waals surface area contributed by atoms with Crippen LogP contribution >= 0.6 is 15.9 Å². The number of ketones is 1. The van der Waals surface area contributed by atoms with Crippen LogP contribution in [0, 0.1) is 0 Å². The van der Waals surface area contributed by atoms with E-state index in [1.54, 1.807) is 12.1 Å². The van der Waals surface area contributed by atoms with E-state index in [1.165, 1.54) is 6.07 Å². The summed E-state index contributed by atoms with van der Waals surface area (Å²) in [6.07, 6.45) is 0. The van der Waals surface area contributed by atoms with Gasteiger partial charge in [-0.1, -0.05) is 46.3 Å². The molecule has 98 valence electrons. The summed E-state index contributed by atoms with van der Waals surface area (Å²) in [5, 5.41) is 10.1. The Labute approximate surface area is 120 Å². The molecule has 0 amide bonds. The SMILES string of the molecule is O=C(CBr)c1ccc(OCc2ccccc2)c(O)c1. The van der Waals surface area contributed by atoms with Gasteiger partial charge < -0.3 is 9.84 Å². The summed E-state index contributed by atoms with van der Waals surface area (Å²) in [6.45, 7) is 0.375. The van der Waals surface area contributed by atoms with E-state index in [0.29, 0.717) is 17.9 Å². The third-order valence-electron chi connectivity index (χ3n) is 2.64. The van der Waals surface area contributed by atoms with Crippen LogP contribution in [0.25, 0.3) is 0 Å². The van der Waals surface area contributed by atoms with Gasteiger partial charge in [-0.25, -0.2) is 0 Å². The fourth-order valence-corrected chi connectivity index (χ4v) is 1.95. The Hall–Kier alpha value is -1.81. The molecule has 2 aromatic rings. The summed E-state index contributed by atoms with van der Waals surface area (Å²) in [5.41, 5.74) is 1.48. The quantitative estimate of drug-likeness (QED) is 0.677. The summed E-state index contributed by atoms with van der Waals surface area (Å²) < 4.78 is 5.52. The van der Waals surface area contributed by atoms with Crippen molar-refractivity contribution in [3.8, 4) is 11.5 Å². The smallest absolute Gasteiger partial charge is 0.173 e. The van der Waals surface area contributed by atoms with E-state index >= 15 is 0 Å². The zero-order valence-electron chi connectivity index (χ0n) is 10.2. The molecule has 1 N–H and O–H groups in total. The topological polar surface area (TPSA) is 46.5 Å². The van der Waals surface area contributed by atoms with Crippen LogP contribution in [0.3, 0.4) is 0 Å². The molecule has 0 spiro atoms. The van der Waals surface area contributed by atoms with Gasteiger partial charge in [0, 0.05) is 5.56 Å². The highest BCUT2D eigenvalue weighted by Crippen LogP contribution is 2.27. The first-order chi connectivity index (χ1) is 9.20. The highest BCUT2D eigenvalue weighted by molar-refractivity contribution is 9.09. The Bertz CT molecular complexity index is 567. The molecule has 0 fully saturated rings. The molecular formula is C15H13BrO3. The van der Waals surface area contributed by atoms with Crippen LogP contribution in [0.1, 0.15) is 15.9 Å². The summed E-state index contributed by atoms with van der Waals surface area (Å²) >= 11 is 3.09. The number of halogens is 1. The monoisotopic (exact) mass is 320 g/mol. The van der Waals surface area contributed by atoms with Crippen molar-refractivity contribution in [2.24, 2.45) is 0 Å². The molecule has 0 radical (unpaired) electrons. The van der Waals surface area contributed by atoms with E-state index in [2.05, 4.69) is 15.9 Å². The van der Waals surface area contributed by atoms with Gasteiger partial charge in [-0.2, -0.15) is 0 Å². The van der Waals surface area contributed by atoms with Gasteiger partial charge in [-0.05, 0) is 23.8 Å². The fraction of sp³-hybridized carbons (Fsp3) is 0.133. The van der Waals surface area contributed by atoms with Crippen molar-refractivity contribution < 1.29 is 14.6 Å². The molecule has 0 unspecified atom stereocenters. The van der Waals surface area contributed by atoms with Gasteiger partial charge in [0.05, 0.1) is 5.33 Å². The van der Waals surface area contributed by atoms with Crippen molar-refractivity contribution in [3.63, 3.8) is 0 Å². The lowest BCUT2D eigenvalue weighted by molar-refractivity contribution is 0.102. The third-order valence-corrected chi connectivity index (χ3v) is 3.15. The van der Waals surface area contributed by atoms with Crippen molar-refractivity contribution >= 4 is 21.7 Å². The third kappa shape index (κ3) is 3.58. The van der Waals surface area contributed by atoms with Crippen molar-refractivity contribution in [1.82, 2.24) is 0 Å². The fourth-order valence-electron chi connectivity index (χ4n) is 1.63. The highest BCUT2D eigenvalue weighted by Gasteiger charge is 2.09. The largest absolute Gasteiger partial charge is 0.504 e. The van der Waals surface area contributed by atoms with Crippen LogP contribution in [-0.4, -0.2) is 16.2 Å². The number of Topliss-reactive ketones (excluding diaryl/α,β-unsaturated/α-hetero) is 1. The molecule has 2 rings (SSSR count).